The first-order chi connectivity index (χ1) is 9.43. The van der Waals surface area contributed by atoms with Crippen molar-refractivity contribution in [1.82, 2.24) is 15.5 Å². The highest BCUT2D eigenvalue weighted by Gasteiger charge is 2.36. The number of nitrogens with one attached hydrogen (secondary N) is 2. The zero-order valence-corrected chi connectivity index (χ0v) is 14.3. The predicted molar refractivity (Wildman–Crippen MR) is 88.3 cm³/mol. The summed E-state index contributed by atoms with van der Waals surface area (Å²) in [5.41, 5.74) is 0.269. The lowest BCUT2D eigenvalue weighted by molar-refractivity contribution is 0.0795. The molecule has 1 rings (SSSR count). The Morgan fingerprint density at radius 2 is 2.15 bits per heavy atom. The van der Waals surface area contributed by atoms with E-state index in [0.717, 1.165) is 24.8 Å². The first-order valence-electron chi connectivity index (χ1n) is 8.08. The van der Waals surface area contributed by atoms with E-state index < -0.39 is 0 Å². The summed E-state index contributed by atoms with van der Waals surface area (Å²) in [5, 5.41) is 6.99. The Hall–Kier alpha value is -0.770. The van der Waals surface area contributed by atoms with E-state index in [-0.39, 0.29) is 5.54 Å². The van der Waals surface area contributed by atoms with Crippen LogP contribution in [0.1, 0.15) is 52.9 Å². The van der Waals surface area contributed by atoms with E-state index in [4.69, 9.17) is 0 Å². The third-order valence-electron chi connectivity index (χ3n) is 4.82. The molecule has 118 valence electrons. The second-order valence-electron chi connectivity index (χ2n) is 6.70. The maximum atomic E-state index is 4.35. The third kappa shape index (κ3) is 4.65. The van der Waals surface area contributed by atoms with Crippen LogP contribution in [0.2, 0.25) is 0 Å². The lowest BCUT2D eigenvalue weighted by atomic mass is 9.75. The molecule has 3 atom stereocenters. The molecule has 0 aromatic rings. The largest absolute Gasteiger partial charge is 0.355 e. The first-order valence-corrected chi connectivity index (χ1v) is 8.08. The molecule has 0 bridgehead atoms. The molecular weight excluding hydrogens is 248 g/mol. The van der Waals surface area contributed by atoms with Gasteiger partial charge in [-0.2, -0.15) is 0 Å². The summed E-state index contributed by atoms with van der Waals surface area (Å²) in [5.74, 6) is 1.75. The number of nitrogens with zero attached hydrogens (tertiary/aromatic N) is 2. The van der Waals surface area contributed by atoms with Crippen molar-refractivity contribution in [2.75, 3.05) is 27.7 Å². The second-order valence-corrected chi connectivity index (χ2v) is 6.70. The molecule has 0 radical (unpaired) electrons. The molecule has 4 heteroatoms. The van der Waals surface area contributed by atoms with Crippen molar-refractivity contribution in [1.29, 1.82) is 0 Å². The number of hydrogen-bond acceptors (Lipinski definition) is 2. The van der Waals surface area contributed by atoms with E-state index in [0.29, 0.717) is 6.04 Å². The summed E-state index contributed by atoms with van der Waals surface area (Å²) in [6, 6.07) is 0.460. The van der Waals surface area contributed by atoms with Crippen molar-refractivity contribution in [3.8, 4) is 0 Å². The molecule has 3 unspecified atom stereocenters. The summed E-state index contributed by atoms with van der Waals surface area (Å²) in [6.45, 7) is 7.73. The van der Waals surface area contributed by atoms with Crippen LogP contribution in [0.25, 0.3) is 0 Å². The fraction of sp³-hybridized carbons (Fsp3) is 0.938. The van der Waals surface area contributed by atoms with E-state index in [1.807, 2.05) is 7.05 Å². The standard InChI is InChI=1S/C16H34N4/c1-7-14(3)19-15(17-4)18-12-16(20(5)6)10-8-9-13(2)11-16/h13-14H,7-12H2,1-6H3,(H2,17,18,19). The zero-order chi connectivity index (χ0) is 15.2. The van der Waals surface area contributed by atoms with Gasteiger partial charge in [-0.25, -0.2) is 0 Å². The SMILES string of the molecule is CCC(C)NC(=NC)NCC1(N(C)C)CCCC(C)C1. The van der Waals surface area contributed by atoms with Crippen LogP contribution in [0, 0.1) is 5.92 Å². The van der Waals surface area contributed by atoms with Crippen molar-refractivity contribution >= 4 is 5.96 Å². The monoisotopic (exact) mass is 282 g/mol. The predicted octanol–water partition coefficient (Wildman–Crippen LogP) is 2.46. The van der Waals surface area contributed by atoms with E-state index in [2.05, 4.69) is 55.4 Å². The molecule has 0 saturated heterocycles. The summed E-state index contributed by atoms with van der Waals surface area (Å²) < 4.78 is 0. The van der Waals surface area contributed by atoms with Crippen LogP contribution in [0.5, 0.6) is 0 Å². The van der Waals surface area contributed by atoms with Gasteiger partial charge >= 0.3 is 0 Å². The van der Waals surface area contributed by atoms with Crippen LogP contribution in [-0.2, 0) is 0 Å². The Bertz CT molecular complexity index is 314. The van der Waals surface area contributed by atoms with Crippen LogP contribution in [0.15, 0.2) is 4.99 Å². The Morgan fingerprint density at radius 3 is 2.65 bits per heavy atom. The molecule has 1 saturated carbocycles. The molecule has 1 aliphatic carbocycles. The molecule has 1 fully saturated rings. The summed E-state index contributed by atoms with van der Waals surface area (Å²) in [4.78, 5) is 6.75. The molecule has 0 amide bonds. The van der Waals surface area contributed by atoms with E-state index in [1.165, 1.54) is 25.7 Å². The molecule has 2 N–H and O–H groups in total. The lowest BCUT2D eigenvalue weighted by Crippen LogP contribution is -2.57. The number of guanidine groups is 1. The molecule has 0 aromatic carbocycles. The van der Waals surface area contributed by atoms with Gasteiger partial charge in [0, 0.05) is 25.2 Å². The van der Waals surface area contributed by atoms with Gasteiger partial charge in [-0.15, -0.1) is 0 Å². The number of aliphatic imine (C=N–C) groups is 1. The fourth-order valence-corrected chi connectivity index (χ4v) is 3.14. The van der Waals surface area contributed by atoms with Gasteiger partial charge < -0.3 is 15.5 Å². The first kappa shape index (κ1) is 17.3. The van der Waals surface area contributed by atoms with Crippen LogP contribution in [-0.4, -0.2) is 50.1 Å². The highest BCUT2D eigenvalue weighted by Crippen LogP contribution is 2.35. The van der Waals surface area contributed by atoms with Gasteiger partial charge in [0.2, 0.25) is 0 Å². The Kier molecular flexibility index (Phi) is 6.80. The average molecular weight is 282 g/mol. The molecule has 0 aliphatic heterocycles. The van der Waals surface area contributed by atoms with Crippen LogP contribution in [0.4, 0.5) is 0 Å². The highest BCUT2D eigenvalue weighted by molar-refractivity contribution is 5.80. The van der Waals surface area contributed by atoms with Gasteiger partial charge in [0.15, 0.2) is 5.96 Å². The number of likely N-dealkylation sites (N-methyl/N-ethyl adjacent to an activating group) is 1. The molecule has 1 aliphatic rings. The minimum atomic E-state index is 0.269. The van der Waals surface area contributed by atoms with Gasteiger partial charge in [0.05, 0.1) is 0 Å². The minimum Gasteiger partial charge on any atom is -0.355 e. The number of hydrogen-bond donors (Lipinski definition) is 2. The molecule has 0 spiro atoms. The van der Waals surface area contributed by atoms with Crippen molar-refractivity contribution in [2.24, 2.45) is 10.9 Å². The Morgan fingerprint density at radius 1 is 1.45 bits per heavy atom. The molecule has 4 nitrogen and oxygen atoms in total. The maximum absolute atomic E-state index is 4.35. The quantitative estimate of drug-likeness (QED) is 0.601. The van der Waals surface area contributed by atoms with E-state index in [1.54, 1.807) is 0 Å². The third-order valence-corrected chi connectivity index (χ3v) is 4.82. The molecule has 20 heavy (non-hydrogen) atoms. The average Bonchev–Trinajstić information content (AvgIpc) is 2.42. The van der Waals surface area contributed by atoms with Gasteiger partial charge in [-0.05, 0) is 46.2 Å². The smallest absolute Gasteiger partial charge is 0.191 e. The lowest BCUT2D eigenvalue weighted by Gasteiger charge is -2.45. The normalized spacial score (nSPS) is 29.4. The van der Waals surface area contributed by atoms with E-state index >= 15 is 0 Å². The van der Waals surface area contributed by atoms with E-state index in [9.17, 15) is 0 Å². The molecular formula is C16H34N4. The van der Waals surface area contributed by atoms with Gasteiger partial charge in [-0.3, -0.25) is 4.99 Å². The Balaban J connectivity index is 2.62. The molecule has 0 aromatic heterocycles. The van der Waals surface area contributed by atoms with Crippen LogP contribution in [0.3, 0.4) is 0 Å². The summed E-state index contributed by atoms with van der Waals surface area (Å²) in [6.07, 6.45) is 6.36. The zero-order valence-electron chi connectivity index (χ0n) is 14.3. The maximum Gasteiger partial charge on any atom is 0.191 e. The van der Waals surface area contributed by atoms with Crippen molar-refractivity contribution < 1.29 is 0 Å². The topological polar surface area (TPSA) is 39.7 Å². The second kappa shape index (κ2) is 7.87. The summed E-state index contributed by atoms with van der Waals surface area (Å²) >= 11 is 0. The van der Waals surface area contributed by atoms with Gasteiger partial charge in [0.25, 0.3) is 0 Å². The van der Waals surface area contributed by atoms with Crippen molar-refractivity contribution in [3.63, 3.8) is 0 Å². The van der Waals surface area contributed by atoms with Crippen LogP contribution < -0.4 is 10.6 Å². The summed E-state index contributed by atoms with van der Waals surface area (Å²) in [7, 11) is 6.28. The van der Waals surface area contributed by atoms with Gasteiger partial charge in [0.1, 0.15) is 0 Å². The Labute approximate surface area is 125 Å². The minimum absolute atomic E-state index is 0.269. The van der Waals surface area contributed by atoms with Crippen molar-refractivity contribution in [3.05, 3.63) is 0 Å². The highest BCUT2D eigenvalue weighted by atomic mass is 15.2. The van der Waals surface area contributed by atoms with Crippen LogP contribution >= 0.6 is 0 Å². The molecule has 0 heterocycles. The van der Waals surface area contributed by atoms with Gasteiger partial charge in [-0.1, -0.05) is 26.7 Å². The number of rotatable bonds is 5. The fourth-order valence-electron chi connectivity index (χ4n) is 3.14. The van der Waals surface area contributed by atoms with Crippen molar-refractivity contribution in [2.45, 2.75) is 64.5 Å².